The molecule has 0 radical (unpaired) electrons. The molecule has 0 aliphatic rings. The predicted octanol–water partition coefficient (Wildman–Crippen LogP) is 1.44. The van der Waals surface area contributed by atoms with Gasteiger partial charge in [-0.15, -0.1) is 0 Å². The number of rotatable bonds is 5. The molecule has 0 unspecified atom stereocenters. The van der Waals surface area contributed by atoms with Gasteiger partial charge in [0.05, 0.1) is 0 Å². The van der Waals surface area contributed by atoms with Crippen LogP contribution in [0.15, 0.2) is 4.99 Å². The normalized spacial score (nSPS) is 12.6. The number of hydrogen-bond donors (Lipinski definition) is 0. The van der Waals surface area contributed by atoms with Crippen LogP contribution in [0.1, 0.15) is 26.2 Å². The van der Waals surface area contributed by atoms with Crippen LogP contribution in [0.2, 0.25) is 0 Å². The molecule has 0 aromatic carbocycles. The zero-order valence-corrected chi connectivity index (χ0v) is 5.84. The van der Waals surface area contributed by atoms with Crippen molar-refractivity contribution in [2.24, 2.45) is 4.99 Å². The van der Waals surface area contributed by atoms with Gasteiger partial charge >= 0.3 is 0 Å². The number of aliphatic imine (C=N–C) groups is 1. The molecule has 0 spiro atoms. The number of hydrogen-bond acceptors (Lipinski definition) is 2. The Morgan fingerprint density at radius 2 is 2.44 bits per heavy atom. The van der Waals surface area contributed by atoms with E-state index in [1.54, 1.807) is 0 Å². The Labute approximate surface area is 56.0 Å². The molecule has 0 saturated heterocycles. The molecule has 0 bridgehead atoms. The van der Waals surface area contributed by atoms with Crippen molar-refractivity contribution in [3.8, 4) is 0 Å². The molecule has 0 aromatic rings. The molecule has 0 fully saturated rings. The number of nitrogens with zero attached hydrogens (tertiary/aromatic N) is 1. The lowest BCUT2D eigenvalue weighted by molar-refractivity contribution is -0.108. The number of aldehydes is 1. The smallest absolute Gasteiger partial charge is 0.144 e. The van der Waals surface area contributed by atoms with Crippen LogP contribution >= 0.6 is 0 Å². The summed E-state index contributed by atoms with van der Waals surface area (Å²) in [5, 5.41) is 0. The lowest BCUT2D eigenvalue weighted by atomic mass is 10.1. The Balaban J connectivity index is 3.30. The van der Waals surface area contributed by atoms with Crippen LogP contribution in [0, 0.1) is 0 Å². The molecule has 0 aromatic heterocycles. The maximum absolute atomic E-state index is 10.1. The van der Waals surface area contributed by atoms with Crippen LogP contribution in [-0.4, -0.2) is 19.0 Å². The second kappa shape index (κ2) is 5.48. The van der Waals surface area contributed by atoms with E-state index in [9.17, 15) is 4.79 Å². The lowest BCUT2D eigenvalue weighted by Crippen LogP contribution is -2.03. The molecule has 52 valence electrons. The first-order valence-corrected chi connectivity index (χ1v) is 3.26. The van der Waals surface area contributed by atoms with Crippen molar-refractivity contribution in [2.45, 2.75) is 32.2 Å². The summed E-state index contributed by atoms with van der Waals surface area (Å²) in [5.41, 5.74) is 0. The monoisotopic (exact) mass is 127 g/mol. The Hall–Kier alpha value is -0.660. The van der Waals surface area contributed by atoms with E-state index >= 15 is 0 Å². The van der Waals surface area contributed by atoms with Crippen LogP contribution < -0.4 is 0 Å². The zero-order chi connectivity index (χ0) is 7.11. The SMILES string of the molecule is C=N[C@@H](C=O)CCCC. The minimum atomic E-state index is -0.162. The van der Waals surface area contributed by atoms with Gasteiger partial charge < -0.3 is 4.79 Å². The fraction of sp³-hybridized carbons (Fsp3) is 0.714. The molecule has 2 heteroatoms. The fourth-order valence-corrected chi connectivity index (χ4v) is 0.616. The third-order valence-corrected chi connectivity index (χ3v) is 1.25. The third-order valence-electron chi connectivity index (χ3n) is 1.25. The molecule has 0 aliphatic carbocycles. The van der Waals surface area contributed by atoms with Gasteiger partial charge in [0.1, 0.15) is 12.3 Å². The Bertz CT molecular complexity index is 82.9. The summed E-state index contributed by atoms with van der Waals surface area (Å²) in [6.07, 6.45) is 3.87. The maximum Gasteiger partial charge on any atom is 0.144 e. The maximum atomic E-state index is 10.1. The second-order valence-electron chi connectivity index (χ2n) is 2.03. The van der Waals surface area contributed by atoms with Crippen molar-refractivity contribution in [3.63, 3.8) is 0 Å². The highest BCUT2D eigenvalue weighted by Gasteiger charge is 1.99. The first-order chi connectivity index (χ1) is 4.35. The highest BCUT2D eigenvalue weighted by atomic mass is 16.1. The molecule has 0 rings (SSSR count). The average Bonchev–Trinajstić information content (AvgIpc) is 1.91. The molecule has 0 heterocycles. The van der Waals surface area contributed by atoms with Crippen LogP contribution in [0.4, 0.5) is 0 Å². The summed E-state index contributed by atoms with van der Waals surface area (Å²) in [6.45, 7) is 5.39. The first-order valence-electron chi connectivity index (χ1n) is 3.26. The highest BCUT2D eigenvalue weighted by molar-refractivity contribution is 5.59. The van der Waals surface area contributed by atoms with Gasteiger partial charge in [-0.25, -0.2) is 0 Å². The van der Waals surface area contributed by atoms with Crippen molar-refractivity contribution in [1.29, 1.82) is 0 Å². The van der Waals surface area contributed by atoms with Crippen molar-refractivity contribution < 1.29 is 4.79 Å². The quantitative estimate of drug-likeness (QED) is 0.406. The van der Waals surface area contributed by atoms with Crippen LogP contribution in [0.25, 0.3) is 0 Å². The van der Waals surface area contributed by atoms with Gasteiger partial charge in [-0.1, -0.05) is 19.8 Å². The average molecular weight is 127 g/mol. The summed E-state index contributed by atoms with van der Waals surface area (Å²) in [7, 11) is 0. The Kier molecular flexibility index (Phi) is 5.07. The summed E-state index contributed by atoms with van der Waals surface area (Å²) in [6, 6.07) is -0.162. The first kappa shape index (κ1) is 8.34. The van der Waals surface area contributed by atoms with E-state index in [-0.39, 0.29) is 6.04 Å². The van der Waals surface area contributed by atoms with E-state index in [2.05, 4.69) is 18.6 Å². The molecular weight excluding hydrogens is 114 g/mol. The predicted molar refractivity (Wildman–Crippen MR) is 38.9 cm³/mol. The van der Waals surface area contributed by atoms with Crippen LogP contribution in [0.5, 0.6) is 0 Å². The number of carbonyl (C=O) groups is 1. The van der Waals surface area contributed by atoms with E-state index in [0.29, 0.717) is 0 Å². The van der Waals surface area contributed by atoms with Gasteiger partial charge in [-0.05, 0) is 13.1 Å². The number of carbonyl (C=O) groups excluding carboxylic acids is 1. The molecule has 0 saturated carbocycles. The third kappa shape index (κ3) is 3.88. The lowest BCUT2D eigenvalue weighted by Gasteiger charge is -1.99. The largest absolute Gasteiger partial charge is 0.301 e. The van der Waals surface area contributed by atoms with Gasteiger partial charge in [0, 0.05) is 0 Å². The fourth-order valence-electron chi connectivity index (χ4n) is 0.616. The Morgan fingerprint density at radius 3 is 2.78 bits per heavy atom. The molecule has 0 N–H and O–H groups in total. The van der Waals surface area contributed by atoms with Crippen molar-refractivity contribution in [1.82, 2.24) is 0 Å². The van der Waals surface area contributed by atoms with Crippen molar-refractivity contribution >= 4 is 13.0 Å². The topological polar surface area (TPSA) is 29.4 Å². The summed E-state index contributed by atoms with van der Waals surface area (Å²) < 4.78 is 0. The molecule has 9 heavy (non-hydrogen) atoms. The summed E-state index contributed by atoms with van der Waals surface area (Å²) in [5.74, 6) is 0. The van der Waals surface area contributed by atoms with Crippen molar-refractivity contribution in [2.75, 3.05) is 0 Å². The van der Waals surface area contributed by atoms with Gasteiger partial charge in [0.2, 0.25) is 0 Å². The second-order valence-corrected chi connectivity index (χ2v) is 2.03. The zero-order valence-electron chi connectivity index (χ0n) is 5.84. The van der Waals surface area contributed by atoms with Gasteiger partial charge in [0.15, 0.2) is 0 Å². The van der Waals surface area contributed by atoms with Crippen LogP contribution in [-0.2, 0) is 4.79 Å². The van der Waals surface area contributed by atoms with E-state index in [0.717, 1.165) is 25.5 Å². The highest BCUT2D eigenvalue weighted by Crippen LogP contribution is 2.00. The summed E-state index contributed by atoms with van der Waals surface area (Å²) in [4.78, 5) is 13.7. The van der Waals surface area contributed by atoms with E-state index in [1.807, 2.05) is 0 Å². The minimum Gasteiger partial charge on any atom is -0.301 e. The minimum absolute atomic E-state index is 0.162. The van der Waals surface area contributed by atoms with E-state index in [1.165, 1.54) is 0 Å². The molecule has 1 atom stereocenters. The van der Waals surface area contributed by atoms with E-state index in [4.69, 9.17) is 0 Å². The van der Waals surface area contributed by atoms with Crippen LogP contribution in [0.3, 0.4) is 0 Å². The molecular formula is C7H13NO. The van der Waals surface area contributed by atoms with Crippen molar-refractivity contribution in [3.05, 3.63) is 0 Å². The molecule has 0 amide bonds. The van der Waals surface area contributed by atoms with Gasteiger partial charge in [-0.2, -0.15) is 0 Å². The summed E-state index contributed by atoms with van der Waals surface area (Å²) >= 11 is 0. The molecule has 0 aliphatic heterocycles. The Morgan fingerprint density at radius 1 is 1.78 bits per heavy atom. The number of unbranched alkanes of at least 4 members (excludes halogenated alkanes) is 1. The van der Waals surface area contributed by atoms with E-state index < -0.39 is 0 Å². The van der Waals surface area contributed by atoms with Gasteiger partial charge in [0.25, 0.3) is 0 Å². The molecule has 2 nitrogen and oxygen atoms in total. The van der Waals surface area contributed by atoms with Gasteiger partial charge in [-0.3, -0.25) is 4.99 Å². The standard InChI is InChI=1S/C7H13NO/c1-3-4-5-7(6-9)8-2/h6-7H,2-5H2,1H3/t7-/m1/s1.